The van der Waals surface area contributed by atoms with E-state index in [4.69, 9.17) is 4.52 Å². The fourth-order valence-corrected chi connectivity index (χ4v) is 3.29. The van der Waals surface area contributed by atoms with Crippen LogP contribution in [0.15, 0.2) is 28.8 Å². The third-order valence-electron chi connectivity index (χ3n) is 5.11. The number of aromatic nitrogens is 5. The highest BCUT2D eigenvalue weighted by molar-refractivity contribution is 5.62. The SMILES string of the molecule is CN1CCNCC1c1noc(-c2ccc(-c3n[nH]c(C4CC4)n3)cc2)n1. The second kappa shape index (κ2) is 6.30. The van der Waals surface area contributed by atoms with Crippen molar-refractivity contribution >= 4 is 0 Å². The van der Waals surface area contributed by atoms with Gasteiger partial charge in [0.2, 0.25) is 0 Å². The molecule has 1 saturated carbocycles. The topological polar surface area (TPSA) is 95.8 Å². The van der Waals surface area contributed by atoms with Crippen molar-refractivity contribution in [3.63, 3.8) is 0 Å². The Morgan fingerprint density at radius 2 is 1.92 bits per heavy atom. The van der Waals surface area contributed by atoms with Crippen molar-refractivity contribution in [3.05, 3.63) is 35.9 Å². The zero-order chi connectivity index (χ0) is 17.5. The first-order valence-electron chi connectivity index (χ1n) is 9.05. The monoisotopic (exact) mass is 351 g/mol. The Bertz CT molecular complexity index is 896. The number of benzene rings is 1. The lowest BCUT2D eigenvalue weighted by Gasteiger charge is -2.30. The summed E-state index contributed by atoms with van der Waals surface area (Å²) in [5, 5.41) is 14.9. The average Bonchev–Trinajstić information content (AvgIpc) is 3.20. The summed E-state index contributed by atoms with van der Waals surface area (Å²) < 4.78 is 5.49. The van der Waals surface area contributed by atoms with Gasteiger partial charge in [0.1, 0.15) is 5.82 Å². The Hall–Kier alpha value is -2.58. The molecule has 5 rings (SSSR count). The van der Waals surface area contributed by atoms with Crippen LogP contribution in [0.5, 0.6) is 0 Å². The molecule has 2 aromatic heterocycles. The Morgan fingerprint density at radius 3 is 2.69 bits per heavy atom. The number of hydrogen-bond donors (Lipinski definition) is 2. The van der Waals surface area contributed by atoms with Gasteiger partial charge in [-0.1, -0.05) is 17.3 Å². The molecular formula is C18H21N7O. The van der Waals surface area contributed by atoms with E-state index in [2.05, 4.69) is 42.6 Å². The summed E-state index contributed by atoms with van der Waals surface area (Å²) in [5.41, 5.74) is 1.88. The standard InChI is InChI=1S/C18H21N7O/c1-25-9-8-19-10-14(25)17-21-18(26-24-17)13-6-4-12(5-7-13)16-20-15(22-23-16)11-2-3-11/h4-7,11,14,19H,2-3,8-10H2,1H3,(H,20,22,23). The van der Waals surface area contributed by atoms with E-state index in [1.54, 1.807) is 0 Å². The maximum atomic E-state index is 5.49. The quantitative estimate of drug-likeness (QED) is 0.742. The van der Waals surface area contributed by atoms with E-state index in [0.717, 1.165) is 48.2 Å². The highest BCUT2D eigenvalue weighted by Crippen LogP contribution is 2.38. The van der Waals surface area contributed by atoms with E-state index >= 15 is 0 Å². The van der Waals surface area contributed by atoms with Gasteiger partial charge in [-0.3, -0.25) is 10.00 Å². The van der Waals surface area contributed by atoms with E-state index in [0.29, 0.717) is 11.8 Å². The highest BCUT2D eigenvalue weighted by atomic mass is 16.5. The molecule has 1 atom stereocenters. The van der Waals surface area contributed by atoms with E-state index in [9.17, 15) is 0 Å². The second-order valence-corrected chi connectivity index (χ2v) is 7.05. The number of H-pyrrole nitrogens is 1. The van der Waals surface area contributed by atoms with Crippen LogP contribution in [0.1, 0.15) is 36.5 Å². The molecule has 3 heterocycles. The van der Waals surface area contributed by atoms with E-state index in [1.807, 2.05) is 24.3 Å². The van der Waals surface area contributed by atoms with Gasteiger partial charge in [-0.2, -0.15) is 10.1 Å². The van der Waals surface area contributed by atoms with Crippen LogP contribution in [-0.4, -0.2) is 56.9 Å². The van der Waals surface area contributed by atoms with Crippen LogP contribution >= 0.6 is 0 Å². The second-order valence-electron chi connectivity index (χ2n) is 7.05. The molecule has 1 aromatic carbocycles. The van der Waals surface area contributed by atoms with Crippen molar-refractivity contribution in [1.82, 2.24) is 35.5 Å². The third kappa shape index (κ3) is 2.91. The number of rotatable bonds is 4. The molecule has 0 radical (unpaired) electrons. The Morgan fingerprint density at radius 1 is 1.12 bits per heavy atom. The number of piperazine rings is 1. The van der Waals surface area contributed by atoms with Crippen LogP contribution in [0.3, 0.4) is 0 Å². The molecule has 2 fully saturated rings. The molecule has 26 heavy (non-hydrogen) atoms. The zero-order valence-corrected chi connectivity index (χ0v) is 14.6. The lowest BCUT2D eigenvalue weighted by atomic mass is 10.1. The zero-order valence-electron chi connectivity index (χ0n) is 14.6. The summed E-state index contributed by atoms with van der Waals surface area (Å²) in [6.45, 7) is 2.80. The number of likely N-dealkylation sites (N-methyl/N-ethyl adjacent to an activating group) is 1. The number of hydrogen-bond acceptors (Lipinski definition) is 7. The fourth-order valence-electron chi connectivity index (χ4n) is 3.29. The first-order chi connectivity index (χ1) is 12.8. The van der Waals surface area contributed by atoms with Crippen molar-refractivity contribution in [2.24, 2.45) is 0 Å². The van der Waals surface area contributed by atoms with Crippen molar-refractivity contribution < 1.29 is 4.52 Å². The minimum Gasteiger partial charge on any atom is -0.334 e. The van der Waals surface area contributed by atoms with Crippen molar-refractivity contribution in [1.29, 1.82) is 0 Å². The maximum absolute atomic E-state index is 5.49. The van der Waals surface area contributed by atoms with E-state index in [1.165, 1.54) is 12.8 Å². The summed E-state index contributed by atoms with van der Waals surface area (Å²) in [7, 11) is 2.09. The number of aromatic amines is 1. The molecule has 0 amide bonds. The van der Waals surface area contributed by atoms with E-state index < -0.39 is 0 Å². The molecule has 1 aliphatic heterocycles. The van der Waals surface area contributed by atoms with Gasteiger partial charge in [0.15, 0.2) is 11.6 Å². The van der Waals surface area contributed by atoms with Crippen LogP contribution in [0.4, 0.5) is 0 Å². The Kier molecular flexibility index (Phi) is 3.79. The van der Waals surface area contributed by atoms with Crippen LogP contribution in [0, 0.1) is 0 Å². The predicted molar refractivity (Wildman–Crippen MR) is 95.3 cm³/mol. The summed E-state index contributed by atoms with van der Waals surface area (Å²) in [5.74, 6) is 3.57. The van der Waals surface area contributed by atoms with Crippen molar-refractivity contribution in [3.8, 4) is 22.8 Å². The summed E-state index contributed by atoms with van der Waals surface area (Å²) in [6, 6.07) is 8.08. The summed E-state index contributed by atoms with van der Waals surface area (Å²) in [6.07, 6.45) is 2.41. The normalized spacial score (nSPS) is 21.2. The fraction of sp³-hybridized carbons (Fsp3) is 0.444. The maximum Gasteiger partial charge on any atom is 0.257 e. The molecule has 8 heteroatoms. The number of nitrogens with zero attached hydrogens (tertiary/aromatic N) is 5. The molecule has 1 unspecified atom stereocenters. The smallest absolute Gasteiger partial charge is 0.257 e. The van der Waals surface area contributed by atoms with Gasteiger partial charge in [-0.15, -0.1) is 0 Å². The van der Waals surface area contributed by atoms with Gasteiger partial charge >= 0.3 is 0 Å². The molecule has 134 valence electrons. The molecule has 0 spiro atoms. The average molecular weight is 351 g/mol. The first-order valence-corrected chi connectivity index (χ1v) is 9.05. The molecule has 1 aliphatic carbocycles. The molecule has 2 N–H and O–H groups in total. The molecule has 8 nitrogen and oxygen atoms in total. The van der Waals surface area contributed by atoms with Crippen LogP contribution in [0.25, 0.3) is 22.8 Å². The minimum absolute atomic E-state index is 0.148. The van der Waals surface area contributed by atoms with Crippen LogP contribution in [0.2, 0.25) is 0 Å². The molecule has 0 bridgehead atoms. The molecule has 2 aliphatic rings. The predicted octanol–water partition coefficient (Wildman–Crippen LogP) is 1.98. The summed E-state index contributed by atoms with van der Waals surface area (Å²) >= 11 is 0. The lowest BCUT2D eigenvalue weighted by Crippen LogP contribution is -2.44. The van der Waals surface area contributed by atoms with Gasteiger partial charge in [0.25, 0.3) is 5.89 Å². The minimum atomic E-state index is 0.148. The third-order valence-corrected chi connectivity index (χ3v) is 5.11. The largest absolute Gasteiger partial charge is 0.334 e. The molecule has 3 aromatic rings. The van der Waals surface area contributed by atoms with E-state index in [-0.39, 0.29) is 6.04 Å². The Labute approximate surface area is 151 Å². The number of nitrogens with one attached hydrogen (secondary N) is 2. The van der Waals surface area contributed by atoms with Crippen molar-refractivity contribution in [2.45, 2.75) is 24.8 Å². The Balaban J connectivity index is 1.35. The highest BCUT2D eigenvalue weighted by Gasteiger charge is 2.27. The van der Waals surface area contributed by atoms with Gasteiger partial charge in [0, 0.05) is 36.7 Å². The van der Waals surface area contributed by atoms with Crippen molar-refractivity contribution in [2.75, 3.05) is 26.7 Å². The van der Waals surface area contributed by atoms with Gasteiger partial charge in [-0.25, -0.2) is 4.98 Å². The van der Waals surface area contributed by atoms with Crippen LogP contribution in [-0.2, 0) is 0 Å². The lowest BCUT2D eigenvalue weighted by molar-refractivity contribution is 0.190. The first kappa shape index (κ1) is 15.7. The van der Waals surface area contributed by atoms with Gasteiger partial charge in [-0.05, 0) is 32.0 Å². The van der Waals surface area contributed by atoms with Gasteiger partial charge in [0.05, 0.1) is 6.04 Å². The summed E-state index contributed by atoms with van der Waals surface area (Å²) in [4.78, 5) is 11.4. The van der Waals surface area contributed by atoms with Crippen LogP contribution < -0.4 is 5.32 Å². The molecule has 1 saturated heterocycles. The molecular weight excluding hydrogens is 330 g/mol. The van der Waals surface area contributed by atoms with Gasteiger partial charge < -0.3 is 9.84 Å².